The highest BCUT2D eigenvalue weighted by molar-refractivity contribution is 6.03. The number of piperidine rings is 1. The minimum Gasteiger partial charge on any atom is -0.481 e. The number of carboxylic acid groups (broad SMARTS) is 2. The number of carbonyl (C=O) groups excluding carboxylic acids is 4. The number of hydrogen-bond acceptors (Lipinski definition) is 8. The van der Waals surface area contributed by atoms with Crippen molar-refractivity contribution in [1.29, 1.82) is 0 Å². The molecule has 2 fully saturated rings. The molecule has 13 heteroatoms. The predicted molar refractivity (Wildman–Crippen MR) is 161 cm³/mol. The van der Waals surface area contributed by atoms with E-state index in [2.05, 4.69) is 0 Å². The average Bonchev–Trinajstić information content (AvgIpc) is 2.94. The minimum absolute atomic E-state index is 0.00330. The first-order chi connectivity index (χ1) is 20.6. The van der Waals surface area contributed by atoms with Crippen molar-refractivity contribution in [2.45, 2.75) is 122 Å². The van der Waals surface area contributed by atoms with Crippen molar-refractivity contribution in [2.75, 3.05) is 26.2 Å². The fourth-order valence-electron chi connectivity index (χ4n) is 6.01. The maximum Gasteiger partial charge on any atom is 0.410 e. The third-order valence-corrected chi connectivity index (χ3v) is 8.43. The van der Waals surface area contributed by atoms with Gasteiger partial charge >= 0.3 is 18.0 Å². The standard InChI is InChI=1S/C31H52N4O9/c1-5-33(25(36)13-9-12-21-14-16-34(17-15-21)30(43)44-31(2,3)4)20-26(37)35(28(40)23(32)19-27(38)39)24(29(41)42)18-22-10-7-6-8-11-22/h21-24H,5-20,32H2,1-4H3,(H,38,39)(H,41,42)/t23-,24-/m0/s1. The van der Waals surface area contributed by atoms with E-state index in [1.807, 2.05) is 20.8 Å². The van der Waals surface area contributed by atoms with E-state index in [4.69, 9.17) is 15.6 Å². The van der Waals surface area contributed by atoms with Crippen molar-refractivity contribution in [1.82, 2.24) is 14.7 Å². The van der Waals surface area contributed by atoms with Gasteiger partial charge in [0.25, 0.3) is 0 Å². The molecule has 0 radical (unpaired) electrons. The van der Waals surface area contributed by atoms with Gasteiger partial charge in [0.05, 0.1) is 12.5 Å². The molecule has 2 rings (SSSR count). The summed E-state index contributed by atoms with van der Waals surface area (Å²) >= 11 is 0. The second-order valence-corrected chi connectivity index (χ2v) is 13.1. The van der Waals surface area contributed by atoms with Crippen LogP contribution in [-0.2, 0) is 28.7 Å². The molecular weight excluding hydrogens is 572 g/mol. The van der Waals surface area contributed by atoms with Gasteiger partial charge in [0.1, 0.15) is 18.2 Å². The van der Waals surface area contributed by atoms with E-state index in [1.165, 1.54) is 4.90 Å². The third kappa shape index (κ3) is 12.0. The second kappa shape index (κ2) is 17.3. The summed E-state index contributed by atoms with van der Waals surface area (Å²) in [6, 6.07) is -3.10. The van der Waals surface area contributed by atoms with Crippen LogP contribution in [0.25, 0.3) is 0 Å². The number of ether oxygens (including phenoxy) is 1. The summed E-state index contributed by atoms with van der Waals surface area (Å²) in [5, 5.41) is 19.2. The molecule has 0 aromatic heterocycles. The van der Waals surface area contributed by atoms with Gasteiger partial charge in [-0.25, -0.2) is 9.59 Å². The maximum absolute atomic E-state index is 13.5. The van der Waals surface area contributed by atoms with Crippen LogP contribution in [0.3, 0.4) is 0 Å². The van der Waals surface area contributed by atoms with E-state index in [0.29, 0.717) is 30.3 Å². The molecule has 4 N–H and O–H groups in total. The van der Waals surface area contributed by atoms with Crippen LogP contribution in [0.1, 0.15) is 105 Å². The number of rotatable bonds is 14. The lowest BCUT2D eigenvalue weighted by atomic mass is 9.84. The zero-order valence-electron chi connectivity index (χ0n) is 26.8. The van der Waals surface area contributed by atoms with E-state index in [1.54, 1.807) is 11.8 Å². The molecule has 4 amide bonds. The molecule has 0 bridgehead atoms. The highest BCUT2D eigenvalue weighted by Gasteiger charge is 2.40. The summed E-state index contributed by atoms with van der Waals surface area (Å²) < 4.78 is 5.44. The molecule has 44 heavy (non-hydrogen) atoms. The fraction of sp³-hybridized carbons (Fsp3) is 0.806. The van der Waals surface area contributed by atoms with Gasteiger partial charge < -0.3 is 30.5 Å². The largest absolute Gasteiger partial charge is 0.481 e. The summed E-state index contributed by atoms with van der Waals surface area (Å²) in [5.74, 6) is -4.62. The molecule has 1 aliphatic heterocycles. The molecule has 13 nitrogen and oxygen atoms in total. The van der Waals surface area contributed by atoms with Crippen LogP contribution in [0.2, 0.25) is 0 Å². The Labute approximate surface area is 260 Å². The average molecular weight is 625 g/mol. The Morgan fingerprint density at radius 1 is 0.932 bits per heavy atom. The molecule has 2 aliphatic rings. The van der Waals surface area contributed by atoms with Gasteiger partial charge in [-0.15, -0.1) is 0 Å². The Kier molecular flexibility index (Phi) is 14.5. The molecule has 0 aromatic rings. The van der Waals surface area contributed by atoms with Crippen LogP contribution in [0.5, 0.6) is 0 Å². The van der Waals surface area contributed by atoms with Gasteiger partial charge in [-0.3, -0.25) is 24.1 Å². The number of imide groups is 1. The molecule has 2 atom stereocenters. The first-order valence-corrected chi connectivity index (χ1v) is 15.9. The number of amides is 4. The quantitative estimate of drug-likeness (QED) is 0.259. The number of nitrogens with zero attached hydrogens (tertiary/aromatic N) is 3. The SMILES string of the molecule is CCN(CC(=O)N(C(=O)[C@@H](N)CC(=O)O)[C@@H](CC1CCCCC1)C(=O)O)C(=O)CCCC1CCN(C(=O)OC(C)(C)C)CC1. The molecule has 1 saturated heterocycles. The molecule has 1 heterocycles. The van der Waals surface area contributed by atoms with E-state index in [-0.39, 0.29) is 37.3 Å². The van der Waals surface area contributed by atoms with Gasteiger partial charge in [-0.1, -0.05) is 32.1 Å². The van der Waals surface area contributed by atoms with Crippen LogP contribution < -0.4 is 5.73 Å². The van der Waals surface area contributed by atoms with Crippen molar-refractivity contribution in [2.24, 2.45) is 17.6 Å². The molecule has 1 saturated carbocycles. The Hall–Kier alpha value is -3.22. The van der Waals surface area contributed by atoms with Crippen LogP contribution in [0.15, 0.2) is 0 Å². The molecular formula is C31H52N4O9. The van der Waals surface area contributed by atoms with Crippen molar-refractivity contribution >= 4 is 35.8 Å². The summed E-state index contributed by atoms with van der Waals surface area (Å²) in [7, 11) is 0. The summed E-state index contributed by atoms with van der Waals surface area (Å²) in [6.45, 7) is 8.00. The van der Waals surface area contributed by atoms with E-state index in [0.717, 1.165) is 51.4 Å². The Balaban J connectivity index is 2.01. The van der Waals surface area contributed by atoms with Crippen molar-refractivity contribution < 1.29 is 43.7 Å². The Morgan fingerprint density at radius 3 is 2.07 bits per heavy atom. The smallest absolute Gasteiger partial charge is 0.410 e. The van der Waals surface area contributed by atoms with Crippen LogP contribution in [0.4, 0.5) is 4.79 Å². The zero-order valence-corrected chi connectivity index (χ0v) is 26.8. The summed E-state index contributed by atoms with van der Waals surface area (Å²) in [6.07, 6.45) is 6.55. The summed E-state index contributed by atoms with van der Waals surface area (Å²) in [4.78, 5) is 79.3. The van der Waals surface area contributed by atoms with Crippen LogP contribution in [0, 0.1) is 11.8 Å². The first kappa shape index (κ1) is 37.0. The monoisotopic (exact) mass is 624 g/mol. The highest BCUT2D eigenvalue weighted by atomic mass is 16.6. The third-order valence-electron chi connectivity index (χ3n) is 8.43. The number of likely N-dealkylation sites (tertiary alicyclic amines) is 1. The Morgan fingerprint density at radius 2 is 1.55 bits per heavy atom. The fourth-order valence-corrected chi connectivity index (χ4v) is 6.01. The van der Waals surface area contributed by atoms with Crippen LogP contribution >= 0.6 is 0 Å². The number of carboxylic acids is 2. The minimum atomic E-state index is -1.60. The molecule has 250 valence electrons. The lowest BCUT2D eigenvalue weighted by Crippen LogP contribution is -2.57. The van der Waals surface area contributed by atoms with Gasteiger partial charge in [0.2, 0.25) is 17.7 Å². The van der Waals surface area contributed by atoms with E-state index >= 15 is 0 Å². The maximum atomic E-state index is 13.5. The molecule has 0 unspecified atom stereocenters. The zero-order chi connectivity index (χ0) is 33.0. The van der Waals surface area contributed by atoms with Crippen molar-refractivity contribution in [3.8, 4) is 0 Å². The lowest BCUT2D eigenvalue weighted by Gasteiger charge is -2.34. The number of likely N-dealkylation sites (N-methyl/N-ethyl adjacent to an activating group) is 1. The number of hydrogen-bond donors (Lipinski definition) is 3. The van der Waals surface area contributed by atoms with Gasteiger partial charge in [-0.2, -0.15) is 0 Å². The number of carbonyl (C=O) groups is 6. The number of aliphatic carboxylic acids is 2. The highest BCUT2D eigenvalue weighted by Crippen LogP contribution is 2.29. The summed E-state index contributed by atoms with van der Waals surface area (Å²) in [5.41, 5.74) is 5.26. The molecule has 0 aromatic carbocycles. The molecule has 0 spiro atoms. The normalized spacial score (nSPS) is 17.8. The van der Waals surface area contributed by atoms with E-state index in [9.17, 15) is 33.9 Å². The number of nitrogens with two attached hydrogens (primary N) is 1. The Bertz CT molecular complexity index is 1010. The predicted octanol–water partition coefficient (Wildman–Crippen LogP) is 3.23. The topological polar surface area (TPSA) is 188 Å². The van der Waals surface area contributed by atoms with Gasteiger partial charge in [0.15, 0.2) is 0 Å². The van der Waals surface area contributed by atoms with Crippen molar-refractivity contribution in [3.05, 3.63) is 0 Å². The van der Waals surface area contributed by atoms with Gasteiger partial charge in [0, 0.05) is 26.1 Å². The van der Waals surface area contributed by atoms with Crippen LogP contribution in [-0.4, -0.2) is 105 Å². The van der Waals surface area contributed by atoms with E-state index < -0.39 is 54.4 Å². The van der Waals surface area contributed by atoms with Gasteiger partial charge in [-0.05, 0) is 71.6 Å². The second-order valence-electron chi connectivity index (χ2n) is 13.1. The van der Waals surface area contributed by atoms with Crippen molar-refractivity contribution in [3.63, 3.8) is 0 Å². The lowest BCUT2D eigenvalue weighted by molar-refractivity contribution is -0.161. The molecule has 1 aliphatic carbocycles. The first-order valence-electron chi connectivity index (χ1n) is 15.9.